The van der Waals surface area contributed by atoms with Gasteiger partial charge in [0.25, 0.3) is 0 Å². The number of hydrogen-bond donors (Lipinski definition) is 0. The van der Waals surface area contributed by atoms with Crippen LogP contribution in [0.2, 0.25) is 5.02 Å². The SMILES string of the molecule is FCc1cccc(C#CCCn2cc3c(Cl)cccc3n2)n1. The summed E-state index contributed by atoms with van der Waals surface area (Å²) in [5.74, 6) is 5.97. The summed E-state index contributed by atoms with van der Waals surface area (Å²) < 4.78 is 14.3. The van der Waals surface area contributed by atoms with E-state index in [-0.39, 0.29) is 0 Å². The first-order chi connectivity index (χ1) is 10.8. The Labute approximate surface area is 132 Å². The molecular weight excluding hydrogens is 301 g/mol. The maximum Gasteiger partial charge on any atom is 0.131 e. The maximum absolute atomic E-state index is 12.5. The first kappa shape index (κ1) is 14.6. The minimum atomic E-state index is -0.573. The average Bonchev–Trinajstić information content (AvgIpc) is 2.96. The van der Waals surface area contributed by atoms with E-state index < -0.39 is 6.67 Å². The fourth-order valence-corrected chi connectivity index (χ4v) is 2.34. The summed E-state index contributed by atoms with van der Waals surface area (Å²) in [4.78, 5) is 4.09. The van der Waals surface area contributed by atoms with Crippen LogP contribution in [0, 0.1) is 11.8 Å². The van der Waals surface area contributed by atoms with E-state index in [0.29, 0.717) is 29.4 Å². The largest absolute Gasteiger partial charge is 0.271 e. The van der Waals surface area contributed by atoms with E-state index in [9.17, 15) is 4.39 Å². The van der Waals surface area contributed by atoms with Crippen molar-refractivity contribution in [3.05, 3.63) is 59.0 Å². The molecule has 0 aliphatic heterocycles. The van der Waals surface area contributed by atoms with Gasteiger partial charge < -0.3 is 0 Å². The lowest BCUT2D eigenvalue weighted by atomic mass is 10.3. The van der Waals surface area contributed by atoms with Crippen LogP contribution in [0.4, 0.5) is 4.39 Å². The molecule has 0 saturated carbocycles. The monoisotopic (exact) mass is 313 g/mol. The molecule has 0 amide bonds. The third kappa shape index (κ3) is 3.26. The van der Waals surface area contributed by atoms with E-state index in [0.717, 1.165) is 10.9 Å². The number of alkyl halides is 1. The number of aryl methyl sites for hydroxylation is 1. The van der Waals surface area contributed by atoms with Gasteiger partial charge in [0.1, 0.15) is 12.4 Å². The third-order valence-corrected chi connectivity index (χ3v) is 3.50. The first-order valence-electron chi connectivity index (χ1n) is 6.89. The molecule has 3 rings (SSSR count). The second kappa shape index (κ2) is 6.59. The van der Waals surface area contributed by atoms with E-state index in [1.807, 2.05) is 29.1 Å². The Kier molecular flexibility index (Phi) is 4.36. The van der Waals surface area contributed by atoms with Gasteiger partial charge in [0.15, 0.2) is 0 Å². The highest BCUT2D eigenvalue weighted by molar-refractivity contribution is 6.35. The van der Waals surface area contributed by atoms with Crippen LogP contribution in [-0.2, 0) is 13.2 Å². The number of rotatable bonds is 3. The van der Waals surface area contributed by atoms with Gasteiger partial charge in [-0.2, -0.15) is 5.10 Å². The van der Waals surface area contributed by atoms with Crippen molar-refractivity contribution in [3.63, 3.8) is 0 Å². The number of hydrogen-bond acceptors (Lipinski definition) is 2. The van der Waals surface area contributed by atoms with Crippen molar-refractivity contribution < 1.29 is 4.39 Å². The van der Waals surface area contributed by atoms with Crippen LogP contribution in [0.3, 0.4) is 0 Å². The molecule has 0 N–H and O–H groups in total. The Morgan fingerprint density at radius 1 is 1.18 bits per heavy atom. The normalized spacial score (nSPS) is 10.5. The molecule has 0 atom stereocenters. The lowest BCUT2D eigenvalue weighted by Crippen LogP contribution is -1.97. The average molecular weight is 314 g/mol. The van der Waals surface area contributed by atoms with Crippen LogP contribution in [0.25, 0.3) is 10.9 Å². The predicted octanol–water partition coefficient (Wildman–Crippen LogP) is 4.00. The molecule has 0 aliphatic rings. The van der Waals surface area contributed by atoms with Crippen molar-refractivity contribution >= 4 is 22.5 Å². The second-order valence-electron chi connectivity index (χ2n) is 4.76. The zero-order valence-corrected chi connectivity index (χ0v) is 12.5. The van der Waals surface area contributed by atoms with Gasteiger partial charge in [0, 0.05) is 18.0 Å². The number of nitrogens with zero attached hydrogens (tertiary/aromatic N) is 3. The van der Waals surface area contributed by atoms with Gasteiger partial charge in [-0.15, -0.1) is 0 Å². The molecule has 5 heteroatoms. The van der Waals surface area contributed by atoms with Crippen LogP contribution < -0.4 is 0 Å². The topological polar surface area (TPSA) is 30.7 Å². The minimum Gasteiger partial charge on any atom is -0.271 e. The van der Waals surface area contributed by atoms with Crippen molar-refractivity contribution in [3.8, 4) is 11.8 Å². The van der Waals surface area contributed by atoms with Crippen molar-refractivity contribution in [2.75, 3.05) is 0 Å². The van der Waals surface area contributed by atoms with Crippen molar-refractivity contribution in [2.45, 2.75) is 19.6 Å². The molecular formula is C17H13ClFN3. The Balaban J connectivity index is 1.67. The molecule has 0 fully saturated rings. The van der Waals surface area contributed by atoms with E-state index >= 15 is 0 Å². The number of aromatic nitrogens is 3. The number of pyridine rings is 1. The molecule has 22 heavy (non-hydrogen) atoms. The zero-order valence-electron chi connectivity index (χ0n) is 11.8. The molecule has 0 saturated heterocycles. The molecule has 3 aromatic rings. The molecule has 1 aromatic carbocycles. The van der Waals surface area contributed by atoms with Crippen LogP contribution in [-0.4, -0.2) is 14.8 Å². The van der Waals surface area contributed by atoms with Crippen LogP contribution >= 0.6 is 11.6 Å². The summed E-state index contributed by atoms with van der Waals surface area (Å²) in [5.41, 5.74) is 1.86. The van der Waals surface area contributed by atoms with Crippen LogP contribution in [0.1, 0.15) is 17.8 Å². The summed E-state index contributed by atoms with van der Waals surface area (Å²) in [5, 5.41) is 6.08. The molecule has 0 bridgehead atoms. The van der Waals surface area contributed by atoms with Crippen LogP contribution in [0.5, 0.6) is 0 Å². The summed E-state index contributed by atoms with van der Waals surface area (Å²) in [6.07, 6.45) is 2.55. The van der Waals surface area contributed by atoms with Crippen molar-refractivity contribution in [1.82, 2.24) is 14.8 Å². The van der Waals surface area contributed by atoms with Gasteiger partial charge in [-0.05, 0) is 30.2 Å². The summed E-state index contributed by atoms with van der Waals surface area (Å²) in [6.45, 7) is 0.0942. The quantitative estimate of drug-likeness (QED) is 0.684. The summed E-state index contributed by atoms with van der Waals surface area (Å²) in [7, 11) is 0. The minimum absolute atomic E-state index is 0.403. The Morgan fingerprint density at radius 2 is 2.05 bits per heavy atom. The zero-order chi connectivity index (χ0) is 15.4. The molecule has 110 valence electrons. The lowest BCUT2D eigenvalue weighted by molar-refractivity contribution is 0.476. The van der Waals surface area contributed by atoms with Crippen LogP contribution in [0.15, 0.2) is 42.6 Å². The van der Waals surface area contributed by atoms with E-state index in [1.54, 1.807) is 18.2 Å². The Hall–Kier alpha value is -2.38. The van der Waals surface area contributed by atoms with Gasteiger partial charge in [0.05, 0.1) is 22.8 Å². The molecule has 0 radical (unpaired) electrons. The predicted molar refractivity (Wildman–Crippen MR) is 85.3 cm³/mol. The first-order valence-corrected chi connectivity index (χ1v) is 7.26. The highest BCUT2D eigenvalue weighted by Gasteiger charge is 2.03. The number of benzene rings is 1. The van der Waals surface area contributed by atoms with E-state index in [1.165, 1.54) is 0 Å². The van der Waals surface area contributed by atoms with Crippen molar-refractivity contribution in [1.29, 1.82) is 0 Å². The van der Waals surface area contributed by atoms with Crippen molar-refractivity contribution in [2.24, 2.45) is 0 Å². The second-order valence-corrected chi connectivity index (χ2v) is 5.17. The highest BCUT2D eigenvalue weighted by Crippen LogP contribution is 2.21. The van der Waals surface area contributed by atoms with Gasteiger partial charge in [-0.25, -0.2) is 9.37 Å². The Bertz CT molecular complexity index is 861. The standard InChI is InChI=1S/C17H13ClFN3/c18-16-8-4-9-17-15(16)12-22(21-17)10-2-1-5-13-6-3-7-14(11-19)20-13/h3-4,6-9,12H,2,10-11H2. The van der Waals surface area contributed by atoms with Gasteiger partial charge in [-0.1, -0.05) is 29.7 Å². The van der Waals surface area contributed by atoms with Gasteiger partial charge in [-0.3, -0.25) is 4.68 Å². The maximum atomic E-state index is 12.5. The summed E-state index contributed by atoms with van der Waals surface area (Å²) in [6, 6.07) is 10.8. The molecule has 2 heterocycles. The lowest BCUT2D eigenvalue weighted by Gasteiger charge is -1.95. The van der Waals surface area contributed by atoms with Gasteiger partial charge >= 0.3 is 0 Å². The number of halogens is 2. The fourth-order valence-electron chi connectivity index (χ4n) is 2.12. The Morgan fingerprint density at radius 3 is 2.86 bits per heavy atom. The highest BCUT2D eigenvalue weighted by atomic mass is 35.5. The molecule has 0 unspecified atom stereocenters. The van der Waals surface area contributed by atoms with E-state index in [4.69, 9.17) is 11.6 Å². The molecule has 3 nitrogen and oxygen atoms in total. The number of fused-ring (bicyclic) bond motifs is 1. The third-order valence-electron chi connectivity index (χ3n) is 3.17. The molecule has 0 spiro atoms. The molecule has 0 aliphatic carbocycles. The smallest absolute Gasteiger partial charge is 0.131 e. The van der Waals surface area contributed by atoms with Gasteiger partial charge in [0.2, 0.25) is 0 Å². The van der Waals surface area contributed by atoms with E-state index in [2.05, 4.69) is 21.9 Å². The summed E-state index contributed by atoms with van der Waals surface area (Å²) >= 11 is 6.12. The fraction of sp³-hybridized carbons (Fsp3) is 0.176. The molecule has 2 aromatic heterocycles.